The fraction of sp³-hybridized carbons (Fsp3) is 0.286. The Morgan fingerprint density at radius 1 is 0.968 bits per heavy atom. The van der Waals surface area contributed by atoms with Gasteiger partial charge in [0.1, 0.15) is 0 Å². The summed E-state index contributed by atoms with van der Waals surface area (Å²) in [6.07, 6.45) is -9.92. The van der Waals surface area contributed by atoms with Gasteiger partial charge >= 0.3 is 12.4 Å². The zero-order valence-corrected chi connectivity index (χ0v) is 17.8. The van der Waals surface area contributed by atoms with E-state index in [0.29, 0.717) is 17.2 Å². The summed E-state index contributed by atoms with van der Waals surface area (Å²) in [7, 11) is 0. The van der Waals surface area contributed by atoms with Gasteiger partial charge in [-0.1, -0.05) is 23.4 Å². The van der Waals surface area contributed by atoms with Gasteiger partial charge < -0.3 is 5.32 Å². The molecule has 31 heavy (non-hydrogen) atoms. The first-order chi connectivity index (χ1) is 14.2. The van der Waals surface area contributed by atoms with E-state index in [9.17, 15) is 31.1 Å². The Bertz CT molecular complexity index is 971. The van der Waals surface area contributed by atoms with Gasteiger partial charge in [-0.15, -0.1) is 11.8 Å². The molecule has 1 N–H and O–H groups in total. The number of halogens is 7. The van der Waals surface area contributed by atoms with E-state index in [4.69, 9.17) is 11.6 Å². The van der Waals surface area contributed by atoms with Gasteiger partial charge in [-0.05, 0) is 56.3 Å². The monoisotopic (exact) mass is 479 g/mol. The lowest BCUT2D eigenvalue weighted by Gasteiger charge is -2.20. The van der Waals surface area contributed by atoms with Crippen LogP contribution in [0.5, 0.6) is 0 Å². The van der Waals surface area contributed by atoms with Crippen LogP contribution < -0.4 is 5.32 Å². The van der Waals surface area contributed by atoms with Crippen molar-refractivity contribution in [2.75, 3.05) is 5.75 Å². The molecule has 2 rings (SSSR count). The quantitative estimate of drug-likeness (QED) is 0.311. The molecule has 0 unspecified atom stereocenters. The summed E-state index contributed by atoms with van der Waals surface area (Å²) in [6.45, 7) is 2.98. The largest absolute Gasteiger partial charge is 0.416 e. The van der Waals surface area contributed by atoms with E-state index < -0.39 is 40.5 Å². The fourth-order valence-electron chi connectivity index (χ4n) is 2.35. The zero-order chi connectivity index (χ0) is 23.4. The van der Waals surface area contributed by atoms with Gasteiger partial charge in [0.25, 0.3) is 0 Å². The van der Waals surface area contributed by atoms with Crippen LogP contribution in [0.2, 0.25) is 5.02 Å². The van der Waals surface area contributed by atoms with Gasteiger partial charge in [0, 0.05) is 15.5 Å². The minimum atomic E-state index is -4.96. The van der Waals surface area contributed by atoms with Crippen LogP contribution >= 0.6 is 23.4 Å². The van der Waals surface area contributed by atoms with Crippen LogP contribution in [0.15, 0.2) is 47.4 Å². The van der Waals surface area contributed by atoms with Gasteiger partial charge in [-0.25, -0.2) is 0 Å². The van der Waals surface area contributed by atoms with Crippen molar-refractivity contribution in [3.8, 4) is 11.8 Å². The standard InChI is InChI=1S/C21H16ClF6NOS/c1-19(2,29-18(30)12-31-17-5-3-16(22)4-6-17)8-7-13-9-14(20(23,24)25)11-15(10-13)21(26,27)28/h3-6,9-11H,12H2,1-2H3,(H,29,30). The molecule has 0 fully saturated rings. The van der Waals surface area contributed by atoms with Crippen molar-refractivity contribution in [3.63, 3.8) is 0 Å². The number of hydrogen-bond donors (Lipinski definition) is 1. The molecule has 0 aliphatic carbocycles. The first kappa shape index (κ1) is 25.0. The summed E-state index contributed by atoms with van der Waals surface area (Å²) in [5.74, 6) is 4.47. The fourth-order valence-corrected chi connectivity index (χ4v) is 3.18. The van der Waals surface area contributed by atoms with Crippen LogP contribution in [0.25, 0.3) is 0 Å². The van der Waals surface area contributed by atoms with E-state index in [-0.39, 0.29) is 11.8 Å². The van der Waals surface area contributed by atoms with Crippen molar-refractivity contribution >= 4 is 29.3 Å². The minimum Gasteiger partial charge on any atom is -0.340 e. The molecule has 2 nitrogen and oxygen atoms in total. The number of nitrogens with one attached hydrogen (secondary N) is 1. The van der Waals surface area contributed by atoms with Crippen molar-refractivity contribution in [2.45, 2.75) is 36.6 Å². The smallest absolute Gasteiger partial charge is 0.340 e. The third kappa shape index (κ3) is 8.04. The number of benzene rings is 2. The molecular weight excluding hydrogens is 464 g/mol. The molecule has 0 heterocycles. The molecule has 0 radical (unpaired) electrons. The molecule has 0 atom stereocenters. The van der Waals surface area contributed by atoms with Gasteiger partial charge in [-0.3, -0.25) is 4.79 Å². The topological polar surface area (TPSA) is 29.1 Å². The van der Waals surface area contributed by atoms with E-state index in [1.54, 1.807) is 24.3 Å². The van der Waals surface area contributed by atoms with E-state index in [1.165, 1.54) is 25.6 Å². The van der Waals surface area contributed by atoms with Crippen LogP contribution in [-0.2, 0) is 17.1 Å². The molecule has 2 aromatic rings. The van der Waals surface area contributed by atoms with E-state index in [2.05, 4.69) is 17.2 Å². The lowest BCUT2D eigenvalue weighted by Crippen LogP contribution is -2.43. The normalized spacial score (nSPS) is 12.2. The molecule has 0 aliphatic heterocycles. The van der Waals surface area contributed by atoms with E-state index in [1.807, 2.05) is 0 Å². The number of carbonyl (C=O) groups excluding carboxylic acids is 1. The summed E-state index contributed by atoms with van der Waals surface area (Å²) < 4.78 is 77.7. The third-order valence-corrected chi connectivity index (χ3v) is 5.01. The summed E-state index contributed by atoms with van der Waals surface area (Å²) in [5.41, 5.74) is -4.55. The number of hydrogen-bond acceptors (Lipinski definition) is 2. The Morgan fingerprint density at radius 3 is 1.97 bits per heavy atom. The molecule has 0 saturated carbocycles. The Kier molecular flexibility index (Phi) is 7.61. The summed E-state index contributed by atoms with van der Waals surface area (Å²) in [4.78, 5) is 13.0. The summed E-state index contributed by atoms with van der Waals surface area (Å²) in [5, 5.41) is 3.14. The summed E-state index contributed by atoms with van der Waals surface area (Å²) >= 11 is 7.02. The first-order valence-electron chi connectivity index (χ1n) is 8.68. The van der Waals surface area contributed by atoms with Crippen LogP contribution in [-0.4, -0.2) is 17.2 Å². The molecule has 0 saturated heterocycles. The first-order valence-corrected chi connectivity index (χ1v) is 10.0. The molecule has 2 aromatic carbocycles. The van der Waals surface area contributed by atoms with Crippen molar-refractivity contribution in [1.29, 1.82) is 0 Å². The Morgan fingerprint density at radius 2 is 1.48 bits per heavy atom. The van der Waals surface area contributed by atoms with Crippen LogP contribution in [0.3, 0.4) is 0 Å². The molecular formula is C21H16ClF6NOS. The van der Waals surface area contributed by atoms with Gasteiger partial charge in [-0.2, -0.15) is 26.3 Å². The Hall–Kier alpha value is -2.31. The average Bonchev–Trinajstić information content (AvgIpc) is 2.64. The highest BCUT2D eigenvalue weighted by atomic mass is 35.5. The molecule has 0 aromatic heterocycles. The SMILES string of the molecule is CC(C)(C#Cc1cc(C(F)(F)F)cc(C(F)(F)F)c1)NC(=O)CSc1ccc(Cl)cc1. The van der Waals surface area contributed by atoms with Gasteiger partial charge in [0.15, 0.2) is 0 Å². The van der Waals surface area contributed by atoms with E-state index in [0.717, 1.165) is 4.90 Å². The second-order valence-corrected chi connectivity index (χ2v) is 8.45. The highest BCUT2D eigenvalue weighted by molar-refractivity contribution is 8.00. The van der Waals surface area contributed by atoms with Crippen molar-refractivity contribution in [1.82, 2.24) is 5.32 Å². The molecule has 10 heteroatoms. The highest BCUT2D eigenvalue weighted by Gasteiger charge is 2.36. The van der Waals surface area contributed by atoms with Crippen LogP contribution in [0, 0.1) is 11.8 Å². The maximum absolute atomic E-state index is 12.9. The van der Waals surface area contributed by atoms with Crippen LogP contribution in [0.1, 0.15) is 30.5 Å². The average molecular weight is 480 g/mol. The Labute approximate surface area is 184 Å². The number of rotatable bonds is 4. The molecule has 0 spiro atoms. The second kappa shape index (κ2) is 9.45. The number of alkyl halides is 6. The summed E-state index contributed by atoms with van der Waals surface area (Å²) in [6, 6.07) is 7.91. The molecule has 166 valence electrons. The maximum atomic E-state index is 12.9. The molecule has 0 bridgehead atoms. The Balaban J connectivity index is 2.15. The highest BCUT2D eigenvalue weighted by Crippen LogP contribution is 2.36. The van der Waals surface area contributed by atoms with Gasteiger partial charge in [0.2, 0.25) is 5.91 Å². The van der Waals surface area contributed by atoms with Crippen LogP contribution in [0.4, 0.5) is 26.3 Å². The predicted molar refractivity (Wildman–Crippen MR) is 108 cm³/mol. The van der Waals surface area contributed by atoms with E-state index >= 15 is 0 Å². The number of amides is 1. The second-order valence-electron chi connectivity index (χ2n) is 6.96. The third-order valence-electron chi connectivity index (χ3n) is 3.74. The predicted octanol–water partition coefficient (Wildman–Crippen LogP) is 6.42. The maximum Gasteiger partial charge on any atom is 0.416 e. The van der Waals surface area contributed by atoms with Crippen molar-refractivity contribution < 1.29 is 31.1 Å². The zero-order valence-electron chi connectivity index (χ0n) is 16.2. The lowest BCUT2D eigenvalue weighted by atomic mass is 10.0. The van der Waals surface area contributed by atoms with Crippen molar-refractivity contribution in [3.05, 3.63) is 64.2 Å². The molecule has 0 aliphatic rings. The molecule has 1 amide bonds. The van der Waals surface area contributed by atoms with Gasteiger partial charge in [0.05, 0.1) is 22.4 Å². The number of thioether (sulfide) groups is 1. The lowest BCUT2D eigenvalue weighted by molar-refractivity contribution is -0.143. The number of carbonyl (C=O) groups is 1. The minimum absolute atomic E-state index is 0.0338. The van der Waals surface area contributed by atoms with Crippen molar-refractivity contribution in [2.24, 2.45) is 0 Å².